The molecule has 0 atom stereocenters. The molecular formula is C19H25NO. The number of nitrogen functional groups attached to an aromatic ring is 1. The smallest absolute Gasteiger partial charge is 0.127 e. The minimum absolute atomic E-state index is 0.218. The monoisotopic (exact) mass is 283 g/mol. The van der Waals surface area contributed by atoms with Crippen LogP contribution in [0.5, 0.6) is 11.5 Å². The highest BCUT2D eigenvalue weighted by Crippen LogP contribution is 2.31. The summed E-state index contributed by atoms with van der Waals surface area (Å²) in [7, 11) is 0. The zero-order chi connectivity index (χ0) is 15.3. The Morgan fingerprint density at radius 1 is 0.905 bits per heavy atom. The minimum Gasteiger partial charge on any atom is -0.457 e. The van der Waals surface area contributed by atoms with Crippen molar-refractivity contribution >= 4 is 5.69 Å². The van der Waals surface area contributed by atoms with Gasteiger partial charge in [-0.3, -0.25) is 0 Å². The Morgan fingerprint density at radius 2 is 1.43 bits per heavy atom. The summed E-state index contributed by atoms with van der Waals surface area (Å²) >= 11 is 0. The van der Waals surface area contributed by atoms with Crippen LogP contribution in [0, 0.1) is 0 Å². The van der Waals surface area contributed by atoms with E-state index in [4.69, 9.17) is 10.5 Å². The molecule has 2 nitrogen and oxygen atoms in total. The van der Waals surface area contributed by atoms with Gasteiger partial charge in [-0.2, -0.15) is 0 Å². The summed E-state index contributed by atoms with van der Waals surface area (Å²) < 4.78 is 5.83. The lowest BCUT2D eigenvalue weighted by atomic mass is 9.80. The highest BCUT2D eigenvalue weighted by atomic mass is 16.5. The molecule has 0 amide bonds. The van der Waals surface area contributed by atoms with Crippen LogP contribution in [-0.2, 0) is 5.41 Å². The fourth-order valence-corrected chi connectivity index (χ4v) is 2.41. The Bertz CT molecular complexity index is 555. The molecule has 0 saturated heterocycles. The molecule has 2 aromatic carbocycles. The molecule has 0 unspecified atom stereocenters. The Balaban J connectivity index is 2.06. The molecule has 2 heteroatoms. The fourth-order valence-electron chi connectivity index (χ4n) is 2.41. The second-order valence-corrected chi connectivity index (χ2v) is 6.18. The van der Waals surface area contributed by atoms with Gasteiger partial charge in [-0.05, 0) is 53.8 Å². The van der Waals surface area contributed by atoms with Gasteiger partial charge in [0.2, 0.25) is 0 Å². The van der Waals surface area contributed by atoms with Crippen LogP contribution in [0.15, 0.2) is 48.5 Å². The van der Waals surface area contributed by atoms with Gasteiger partial charge < -0.3 is 10.5 Å². The summed E-state index contributed by atoms with van der Waals surface area (Å²) in [5, 5.41) is 0. The average Bonchev–Trinajstić information content (AvgIpc) is 2.48. The van der Waals surface area contributed by atoms with Gasteiger partial charge in [0.05, 0.1) is 0 Å². The zero-order valence-corrected chi connectivity index (χ0v) is 13.2. The molecule has 0 spiro atoms. The van der Waals surface area contributed by atoms with Gasteiger partial charge in [-0.1, -0.05) is 45.7 Å². The van der Waals surface area contributed by atoms with Crippen LogP contribution in [0.2, 0.25) is 0 Å². The Hall–Kier alpha value is -1.96. The molecular weight excluding hydrogens is 258 g/mol. The van der Waals surface area contributed by atoms with Crippen LogP contribution in [-0.4, -0.2) is 0 Å². The molecule has 0 bridgehead atoms. The fraction of sp³-hybridized carbons (Fsp3) is 0.368. The molecule has 2 N–H and O–H groups in total. The number of ether oxygens (including phenoxy) is 1. The quantitative estimate of drug-likeness (QED) is 0.707. The van der Waals surface area contributed by atoms with Crippen molar-refractivity contribution in [1.82, 2.24) is 0 Å². The van der Waals surface area contributed by atoms with E-state index in [1.54, 1.807) is 0 Å². The van der Waals surface area contributed by atoms with Crippen LogP contribution in [0.3, 0.4) is 0 Å². The molecule has 0 fully saturated rings. The van der Waals surface area contributed by atoms with Crippen molar-refractivity contribution < 1.29 is 4.74 Å². The number of rotatable bonds is 6. The van der Waals surface area contributed by atoms with Crippen LogP contribution in [0.4, 0.5) is 5.69 Å². The van der Waals surface area contributed by atoms with Crippen molar-refractivity contribution in [3.8, 4) is 11.5 Å². The first-order valence-electron chi connectivity index (χ1n) is 7.65. The van der Waals surface area contributed by atoms with Gasteiger partial charge >= 0.3 is 0 Å². The van der Waals surface area contributed by atoms with Gasteiger partial charge in [0.15, 0.2) is 0 Å². The van der Waals surface area contributed by atoms with E-state index >= 15 is 0 Å². The van der Waals surface area contributed by atoms with E-state index in [1.165, 1.54) is 24.8 Å². The third kappa shape index (κ3) is 4.25. The van der Waals surface area contributed by atoms with Gasteiger partial charge in [-0.15, -0.1) is 0 Å². The standard InChI is InChI=1S/C19H25NO/c1-4-5-14-19(2,3)15-6-10-17(11-7-15)21-18-12-8-16(20)9-13-18/h6-13H,4-5,14,20H2,1-3H3. The average molecular weight is 283 g/mol. The maximum absolute atomic E-state index is 5.83. The molecule has 0 aliphatic carbocycles. The van der Waals surface area contributed by atoms with Crippen molar-refractivity contribution in [3.05, 3.63) is 54.1 Å². The zero-order valence-electron chi connectivity index (χ0n) is 13.2. The summed E-state index contributed by atoms with van der Waals surface area (Å²) in [6, 6.07) is 15.9. The van der Waals surface area contributed by atoms with Crippen molar-refractivity contribution in [2.75, 3.05) is 5.73 Å². The predicted octanol–water partition coefficient (Wildman–Crippen LogP) is 5.53. The van der Waals surface area contributed by atoms with E-state index in [-0.39, 0.29) is 5.41 Å². The highest BCUT2D eigenvalue weighted by Gasteiger charge is 2.19. The SMILES string of the molecule is CCCCC(C)(C)c1ccc(Oc2ccc(N)cc2)cc1. The predicted molar refractivity (Wildman–Crippen MR) is 89.9 cm³/mol. The summed E-state index contributed by atoms with van der Waals surface area (Å²) in [6.07, 6.45) is 3.71. The normalized spacial score (nSPS) is 11.4. The summed E-state index contributed by atoms with van der Waals surface area (Å²) in [4.78, 5) is 0. The molecule has 112 valence electrons. The summed E-state index contributed by atoms with van der Waals surface area (Å²) in [6.45, 7) is 6.84. The highest BCUT2D eigenvalue weighted by molar-refractivity contribution is 5.43. The second kappa shape index (κ2) is 6.66. The molecule has 0 aromatic heterocycles. The molecule has 2 rings (SSSR count). The maximum atomic E-state index is 5.83. The van der Waals surface area contributed by atoms with Gasteiger partial charge in [0, 0.05) is 5.69 Å². The number of unbranched alkanes of at least 4 members (excludes halogenated alkanes) is 1. The van der Waals surface area contributed by atoms with E-state index in [9.17, 15) is 0 Å². The van der Waals surface area contributed by atoms with E-state index in [1.807, 2.05) is 36.4 Å². The van der Waals surface area contributed by atoms with Crippen LogP contribution in [0.25, 0.3) is 0 Å². The lowest BCUT2D eigenvalue weighted by Crippen LogP contribution is -2.16. The first kappa shape index (κ1) is 15.4. The lowest BCUT2D eigenvalue weighted by Gasteiger charge is -2.25. The van der Waals surface area contributed by atoms with Gasteiger partial charge in [0.1, 0.15) is 11.5 Å². The van der Waals surface area contributed by atoms with Gasteiger partial charge in [-0.25, -0.2) is 0 Å². The lowest BCUT2D eigenvalue weighted by molar-refractivity contribution is 0.454. The number of hydrogen-bond donors (Lipinski definition) is 1. The summed E-state index contributed by atoms with van der Waals surface area (Å²) in [5.41, 5.74) is 8.00. The first-order chi connectivity index (χ1) is 10.0. The maximum Gasteiger partial charge on any atom is 0.127 e. The van der Waals surface area contributed by atoms with E-state index in [0.29, 0.717) is 0 Å². The number of hydrogen-bond acceptors (Lipinski definition) is 2. The van der Waals surface area contributed by atoms with Crippen LogP contribution >= 0.6 is 0 Å². The minimum atomic E-state index is 0.218. The first-order valence-corrected chi connectivity index (χ1v) is 7.65. The largest absolute Gasteiger partial charge is 0.457 e. The van der Waals surface area contributed by atoms with E-state index < -0.39 is 0 Å². The number of benzene rings is 2. The Morgan fingerprint density at radius 3 is 1.95 bits per heavy atom. The molecule has 0 aliphatic rings. The summed E-state index contributed by atoms with van der Waals surface area (Å²) in [5.74, 6) is 1.66. The van der Waals surface area contributed by atoms with E-state index in [0.717, 1.165) is 17.2 Å². The third-order valence-corrected chi connectivity index (χ3v) is 3.91. The van der Waals surface area contributed by atoms with Crippen LogP contribution < -0.4 is 10.5 Å². The third-order valence-electron chi connectivity index (χ3n) is 3.91. The van der Waals surface area contributed by atoms with Crippen LogP contribution in [0.1, 0.15) is 45.6 Å². The Kier molecular flexibility index (Phi) is 4.89. The molecule has 0 heterocycles. The molecule has 0 radical (unpaired) electrons. The topological polar surface area (TPSA) is 35.2 Å². The van der Waals surface area contributed by atoms with Crippen molar-refractivity contribution in [3.63, 3.8) is 0 Å². The molecule has 21 heavy (non-hydrogen) atoms. The molecule has 0 aliphatic heterocycles. The Labute approximate surface area is 127 Å². The van der Waals surface area contributed by atoms with Crippen molar-refractivity contribution in [2.45, 2.75) is 45.4 Å². The molecule has 0 saturated carbocycles. The van der Waals surface area contributed by atoms with Crippen molar-refractivity contribution in [1.29, 1.82) is 0 Å². The van der Waals surface area contributed by atoms with E-state index in [2.05, 4.69) is 32.9 Å². The number of anilines is 1. The number of nitrogens with two attached hydrogens (primary N) is 1. The molecule has 2 aromatic rings. The van der Waals surface area contributed by atoms with Crippen molar-refractivity contribution in [2.24, 2.45) is 0 Å². The second-order valence-electron chi connectivity index (χ2n) is 6.18. The van der Waals surface area contributed by atoms with Gasteiger partial charge in [0.25, 0.3) is 0 Å².